The first-order valence-corrected chi connectivity index (χ1v) is 10.7. The third-order valence-corrected chi connectivity index (χ3v) is 5.75. The first-order valence-electron chi connectivity index (χ1n) is 10.7. The van der Waals surface area contributed by atoms with E-state index in [1.807, 2.05) is 44.2 Å². The Hall–Kier alpha value is -3.09. The van der Waals surface area contributed by atoms with E-state index in [9.17, 15) is 14.0 Å². The van der Waals surface area contributed by atoms with Crippen LogP contribution < -0.4 is 10.2 Å². The van der Waals surface area contributed by atoms with Gasteiger partial charge >= 0.3 is 6.09 Å². The number of amides is 2. The first-order chi connectivity index (χ1) is 15.0. The number of carbonyl (C=O) groups is 2. The molecule has 2 atom stereocenters. The zero-order valence-electron chi connectivity index (χ0n) is 18.1. The highest BCUT2D eigenvalue weighted by atomic mass is 19.1. The average molecular weight is 428 g/mol. The fraction of sp³-hybridized carbons (Fsp3) is 0.417. The quantitative estimate of drug-likeness (QED) is 0.730. The van der Waals surface area contributed by atoms with Crippen LogP contribution in [0.3, 0.4) is 0 Å². The van der Waals surface area contributed by atoms with Crippen LogP contribution in [0.15, 0.2) is 54.6 Å². The van der Waals surface area contributed by atoms with Crippen LogP contribution in [-0.2, 0) is 16.1 Å². The maximum atomic E-state index is 13.2. The number of ether oxygens (including phenoxy) is 1. The Kier molecular flexibility index (Phi) is 7.87. The molecular formula is C24H30FN3O3. The third kappa shape index (κ3) is 6.20. The molecule has 31 heavy (non-hydrogen) atoms. The van der Waals surface area contributed by atoms with Crippen molar-refractivity contribution in [2.75, 3.05) is 31.1 Å². The van der Waals surface area contributed by atoms with Crippen LogP contribution >= 0.6 is 0 Å². The van der Waals surface area contributed by atoms with Gasteiger partial charge < -0.3 is 19.9 Å². The highest BCUT2D eigenvalue weighted by Crippen LogP contribution is 2.19. The molecule has 1 fully saturated rings. The number of hydrogen-bond donors (Lipinski definition) is 1. The fourth-order valence-electron chi connectivity index (χ4n) is 3.61. The number of halogens is 1. The van der Waals surface area contributed by atoms with Crippen molar-refractivity contribution in [3.63, 3.8) is 0 Å². The topological polar surface area (TPSA) is 61.9 Å². The van der Waals surface area contributed by atoms with Gasteiger partial charge in [0.25, 0.3) is 0 Å². The van der Waals surface area contributed by atoms with Gasteiger partial charge in [0.1, 0.15) is 18.5 Å². The summed E-state index contributed by atoms with van der Waals surface area (Å²) in [7, 11) is 0. The lowest BCUT2D eigenvalue weighted by Gasteiger charge is -2.38. The summed E-state index contributed by atoms with van der Waals surface area (Å²) in [5, 5.41) is 2.78. The van der Waals surface area contributed by atoms with Crippen LogP contribution in [0.4, 0.5) is 14.9 Å². The minimum atomic E-state index is -0.634. The minimum Gasteiger partial charge on any atom is -0.445 e. The molecule has 0 bridgehead atoms. The monoisotopic (exact) mass is 427 g/mol. The number of anilines is 1. The summed E-state index contributed by atoms with van der Waals surface area (Å²) in [6.07, 6.45) is 0.165. The molecule has 0 radical (unpaired) electrons. The first kappa shape index (κ1) is 22.6. The Bertz CT molecular complexity index is 852. The Balaban J connectivity index is 1.55. The lowest BCUT2D eigenvalue weighted by molar-refractivity contribution is -0.135. The summed E-state index contributed by atoms with van der Waals surface area (Å²) in [4.78, 5) is 29.5. The molecule has 0 aliphatic carbocycles. The molecule has 0 spiro atoms. The van der Waals surface area contributed by atoms with E-state index in [1.165, 1.54) is 12.1 Å². The maximum absolute atomic E-state index is 13.2. The number of rotatable bonds is 7. The van der Waals surface area contributed by atoms with E-state index in [4.69, 9.17) is 4.74 Å². The number of carbonyl (C=O) groups excluding carboxylic acids is 2. The van der Waals surface area contributed by atoms with Gasteiger partial charge in [-0.05, 0) is 35.7 Å². The van der Waals surface area contributed by atoms with E-state index >= 15 is 0 Å². The molecule has 2 aromatic rings. The van der Waals surface area contributed by atoms with E-state index in [-0.39, 0.29) is 24.2 Å². The van der Waals surface area contributed by atoms with Gasteiger partial charge in [-0.2, -0.15) is 0 Å². The van der Waals surface area contributed by atoms with Crippen molar-refractivity contribution in [1.29, 1.82) is 0 Å². The summed E-state index contributed by atoms with van der Waals surface area (Å²) in [5.74, 6) is -0.379. The molecule has 2 amide bonds. The van der Waals surface area contributed by atoms with Crippen molar-refractivity contribution in [2.45, 2.75) is 32.9 Å². The number of hydrogen-bond acceptors (Lipinski definition) is 4. The predicted molar refractivity (Wildman–Crippen MR) is 118 cm³/mol. The molecule has 1 aliphatic heterocycles. The van der Waals surface area contributed by atoms with Gasteiger partial charge in [-0.15, -0.1) is 0 Å². The van der Waals surface area contributed by atoms with E-state index in [0.717, 1.165) is 17.7 Å². The number of nitrogens with one attached hydrogen (secondary N) is 1. The number of piperazine rings is 1. The largest absolute Gasteiger partial charge is 0.445 e. The molecular weight excluding hydrogens is 397 g/mol. The standard InChI is InChI=1S/C24H30FN3O3/c1-3-18(2)22(26-24(30)31-17-19-7-5-4-6-8-19)23(29)28-15-13-27(14-16-28)21-11-9-20(25)10-12-21/h4-12,18,22H,3,13-17H2,1-2H3,(H,26,30)/t18-,22-/m0/s1. The molecule has 0 saturated carbocycles. The maximum Gasteiger partial charge on any atom is 0.408 e. The summed E-state index contributed by atoms with van der Waals surface area (Å²) >= 11 is 0. The molecule has 1 saturated heterocycles. The second kappa shape index (κ2) is 10.8. The molecule has 0 unspecified atom stereocenters. The van der Waals surface area contributed by atoms with Crippen LogP contribution in [0.2, 0.25) is 0 Å². The molecule has 1 heterocycles. The zero-order valence-corrected chi connectivity index (χ0v) is 18.1. The highest BCUT2D eigenvalue weighted by molar-refractivity contribution is 5.86. The van der Waals surface area contributed by atoms with Gasteiger partial charge in [0.15, 0.2) is 0 Å². The number of nitrogens with zero attached hydrogens (tertiary/aromatic N) is 2. The van der Waals surface area contributed by atoms with Crippen molar-refractivity contribution >= 4 is 17.7 Å². The normalized spacial score (nSPS) is 15.8. The summed E-state index contributed by atoms with van der Waals surface area (Å²) in [6.45, 7) is 6.51. The molecule has 1 N–H and O–H groups in total. The van der Waals surface area contributed by atoms with Gasteiger partial charge in [0.2, 0.25) is 5.91 Å². The summed E-state index contributed by atoms with van der Waals surface area (Å²) < 4.78 is 18.5. The second-order valence-electron chi connectivity index (χ2n) is 7.86. The van der Waals surface area contributed by atoms with Crippen LogP contribution in [0, 0.1) is 11.7 Å². The SMILES string of the molecule is CC[C@H](C)[C@H](NC(=O)OCc1ccccc1)C(=O)N1CCN(c2ccc(F)cc2)CC1. The van der Waals surface area contributed by atoms with E-state index < -0.39 is 12.1 Å². The fourth-order valence-corrected chi connectivity index (χ4v) is 3.61. The van der Waals surface area contributed by atoms with Gasteiger partial charge in [-0.1, -0.05) is 50.6 Å². The van der Waals surface area contributed by atoms with Crippen molar-refractivity contribution in [3.05, 3.63) is 66.0 Å². The summed E-state index contributed by atoms with van der Waals surface area (Å²) in [5.41, 5.74) is 1.83. The third-order valence-electron chi connectivity index (χ3n) is 5.75. The molecule has 7 heteroatoms. The van der Waals surface area contributed by atoms with Gasteiger partial charge in [-0.3, -0.25) is 4.79 Å². The average Bonchev–Trinajstić information content (AvgIpc) is 2.81. The van der Waals surface area contributed by atoms with Crippen LogP contribution in [0.1, 0.15) is 25.8 Å². The predicted octanol–water partition coefficient (Wildman–Crippen LogP) is 3.82. The lowest BCUT2D eigenvalue weighted by Crippen LogP contribution is -2.56. The Labute approximate surface area is 183 Å². The summed E-state index contributed by atoms with van der Waals surface area (Å²) in [6, 6.07) is 15.2. The van der Waals surface area contributed by atoms with Crippen LogP contribution in [0.25, 0.3) is 0 Å². The zero-order chi connectivity index (χ0) is 22.2. The van der Waals surface area contributed by atoms with Crippen molar-refractivity contribution in [1.82, 2.24) is 10.2 Å². The van der Waals surface area contributed by atoms with E-state index in [1.54, 1.807) is 17.0 Å². The minimum absolute atomic E-state index is 0.0214. The number of alkyl carbamates (subject to hydrolysis) is 1. The molecule has 166 valence electrons. The van der Waals surface area contributed by atoms with Gasteiger partial charge in [-0.25, -0.2) is 9.18 Å². The van der Waals surface area contributed by atoms with E-state index in [0.29, 0.717) is 26.2 Å². The Morgan fingerprint density at radius 1 is 1.03 bits per heavy atom. The van der Waals surface area contributed by atoms with Crippen molar-refractivity contribution in [3.8, 4) is 0 Å². The molecule has 6 nitrogen and oxygen atoms in total. The smallest absolute Gasteiger partial charge is 0.408 e. The highest BCUT2D eigenvalue weighted by Gasteiger charge is 2.32. The van der Waals surface area contributed by atoms with Crippen LogP contribution in [-0.4, -0.2) is 49.1 Å². The Morgan fingerprint density at radius 3 is 2.29 bits per heavy atom. The number of benzene rings is 2. The van der Waals surface area contributed by atoms with Gasteiger partial charge in [0, 0.05) is 31.9 Å². The van der Waals surface area contributed by atoms with Crippen molar-refractivity contribution < 1.29 is 18.7 Å². The molecule has 3 rings (SSSR count). The molecule has 0 aromatic heterocycles. The second-order valence-corrected chi connectivity index (χ2v) is 7.86. The van der Waals surface area contributed by atoms with E-state index in [2.05, 4.69) is 10.2 Å². The van der Waals surface area contributed by atoms with Gasteiger partial charge in [0.05, 0.1) is 0 Å². The lowest BCUT2D eigenvalue weighted by atomic mass is 9.97. The van der Waals surface area contributed by atoms with Crippen LogP contribution in [0.5, 0.6) is 0 Å². The van der Waals surface area contributed by atoms with Crippen molar-refractivity contribution in [2.24, 2.45) is 5.92 Å². The molecule has 2 aromatic carbocycles. The molecule has 1 aliphatic rings. The Morgan fingerprint density at radius 2 is 1.68 bits per heavy atom.